The Morgan fingerprint density at radius 1 is 1.21 bits per heavy atom. The van der Waals surface area contributed by atoms with Crippen LogP contribution in [0.25, 0.3) is 0 Å². The first-order valence-corrected chi connectivity index (χ1v) is 6.82. The van der Waals surface area contributed by atoms with Gasteiger partial charge in [0.05, 0.1) is 7.11 Å². The highest BCUT2D eigenvalue weighted by Crippen LogP contribution is 2.22. The molecular formula is C16H15BrO2. The van der Waals surface area contributed by atoms with Crippen LogP contribution in [0.2, 0.25) is 0 Å². The molecule has 0 atom stereocenters. The molecule has 0 saturated heterocycles. The van der Waals surface area contributed by atoms with Crippen molar-refractivity contribution in [1.29, 1.82) is 0 Å². The lowest BCUT2D eigenvalue weighted by atomic mass is 9.99. The molecule has 0 saturated carbocycles. The van der Waals surface area contributed by atoms with Crippen LogP contribution in [0.4, 0.5) is 0 Å². The van der Waals surface area contributed by atoms with Gasteiger partial charge >= 0.3 is 0 Å². The zero-order chi connectivity index (χ0) is 13.8. The van der Waals surface area contributed by atoms with Crippen molar-refractivity contribution in [2.24, 2.45) is 0 Å². The number of hydrogen-bond donors (Lipinski definition) is 0. The summed E-state index contributed by atoms with van der Waals surface area (Å²) in [7, 11) is 1.62. The van der Waals surface area contributed by atoms with Crippen molar-refractivity contribution in [2.75, 3.05) is 7.11 Å². The number of ketones is 1. The van der Waals surface area contributed by atoms with Crippen LogP contribution in [0.15, 0.2) is 46.9 Å². The number of benzene rings is 2. The second kappa shape index (κ2) is 6.02. The molecule has 0 amide bonds. The Hall–Kier alpha value is -1.61. The summed E-state index contributed by atoms with van der Waals surface area (Å²) in [6.45, 7) is 1.94. The van der Waals surface area contributed by atoms with Gasteiger partial charge in [-0.25, -0.2) is 0 Å². The molecule has 19 heavy (non-hydrogen) atoms. The van der Waals surface area contributed by atoms with E-state index < -0.39 is 0 Å². The number of ether oxygens (including phenoxy) is 1. The Morgan fingerprint density at radius 2 is 1.95 bits per heavy atom. The molecule has 2 aromatic carbocycles. The van der Waals surface area contributed by atoms with Gasteiger partial charge in [0.25, 0.3) is 0 Å². The van der Waals surface area contributed by atoms with E-state index in [1.165, 1.54) is 0 Å². The number of methoxy groups -OCH3 is 1. The van der Waals surface area contributed by atoms with Crippen LogP contribution in [0.1, 0.15) is 21.5 Å². The normalized spacial score (nSPS) is 10.3. The lowest BCUT2D eigenvalue weighted by Crippen LogP contribution is -2.06. The van der Waals surface area contributed by atoms with Crippen molar-refractivity contribution in [2.45, 2.75) is 13.3 Å². The molecular weight excluding hydrogens is 304 g/mol. The van der Waals surface area contributed by atoms with Crippen LogP contribution >= 0.6 is 15.9 Å². The van der Waals surface area contributed by atoms with Crippen molar-refractivity contribution in [3.63, 3.8) is 0 Å². The number of rotatable bonds is 4. The molecule has 0 aliphatic heterocycles. The quantitative estimate of drug-likeness (QED) is 0.790. The molecule has 0 aromatic heterocycles. The van der Waals surface area contributed by atoms with Gasteiger partial charge in [0.15, 0.2) is 5.78 Å². The Balaban J connectivity index is 2.26. The molecule has 2 rings (SSSR count). The fraction of sp³-hybridized carbons (Fsp3) is 0.188. The Morgan fingerprint density at radius 3 is 2.63 bits per heavy atom. The third-order valence-electron chi connectivity index (χ3n) is 3.03. The maximum atomic E-state index is 12.3. The summed E-state index contributed by atoms with van der Waals surface area (Å²) in [5, 5.41) is 0. The molecule has 0 unspecified atom stereocenters. The molecule has 0 spiro atoms. The van der Waals surface area contributed by atoms with E-state index in [9.17, 15) is 4.79 Å². The van der Waals surface area contributed by atoms with Gasteiger partial charge in [0.2, 0.25) is 0 Å². The Kier molecular flexibility index (Phi) is 4.38. The minimum atomic E-state index is 0.106. The molecule has 2 nitrogen and oxygen atoms in total. The summed E-state index contributed by atoms with van der Waals surface area (Å²) in [6, 6.07) is 13.3. The predicted molar refractivity (Wildman–Crippen MR) is 79.9 cm³/mol. The number of hydrogen-bond acceptors (Lipinski definition) is 2. The second-order valence-corrected chi connectivity index (χ2v) is 5.29. The molecule has 0 radical (unpaired) electrons. The summed E-state index contributed by atoms with van der Waals surface area (Å²) in [5.74, 6) is 0.861. The van der Waals surface area contributed by atoms with E-state index in [0.29, 0.717) is 6.42 Å². The first-order chi connectivity index (χ1) is 9.11. The average Bonchev–Trinajstić information content (AvgIpc) is 2.39. The van der Waals surface area contributed by atoms with E-state index in [4.69, 9.17) is 4.74 Å². The molecule has 0 heterocycles. The highest BCUT2D eigenvalue weighted by Gasteiger charge is 2.12. The van der Waals surface area contributed by atoms with Crippen LogP contribution in [0.5, 0.6) is 5.75 Å². The van der Waals surface area contributed by atoms with Crippen LogP contribution in [0.3, 0.4) is 0 Å². The van der Waals surface area contributed by atoms with Crippen LogP contribution < -0.4 is 4.74 Å². The van der Waals surface area contributed by atoms with Crippen molar-refractivity contribution in [3.8, 4) is 5.75 Å². The first kappa shape index (κ1) is 13.8. The van der Waals surface area contributed by atoms with Gasteiger partial charge in [0, 0.05) is 22.0 Å². The van der Waals surface area contributed by atoms with Crippen molar-refractivity contribution < 1.29 is 9.53 Å². The number of halogens is 1. The lowest BCUT2D eigenvalue weighted by molar-refractivity contribution is 0.0991. The minimum Gasteiger partial charge on any atom is -0.496 e. The average molecular weight is 319 g/mol. The minimum absolute atomic E-state index is 0.106. The second-order valence-electron chi connectivity index (χ2n) is 4.37. The van der Waals surface area contributed by atoms with E-state index in [-0.39, 0.29) is 5.78 Å². The fourth-order valence-electron chi connectivity index (χ4n) is 2.06. The number of carbonyl (C=O) groups is 1. The summed E-state index contributed by atoms with van der Waals surface area (Å²) >= 11 is 3.40. The largest absolute Gasteiger partial charge is 0.496 e. The maximum Gasteiger partial charge on any atom is 0.167 e. The van der Waals surface area contributed by atoms with Gasteiger partial charge in [-0.3, -0.25) is 4.79 Å². The highest BCUT2D eigenvalue weighted by molar-refractivity contribution is 9.10. The summed E-state index contributed by atoms with van der Waals surface area (Å²) in [6.07, 6.45) is 0.354. The van der Waals surface area contributed by atoms with Gasteiger partial charge < -0.3 is 4.74 Å². The molecule has 0 aliphatic carbocycles. The molecule has 0 bridgehead atoms. The zero-order valence-corrected chi connectivity index (χ0v) is 12.5. The Labute approximate surface area is 121 Å². The number of aryl methyl sites for hydroxylation is 1. The van der Waals surface area contributed by atoms with E-state index in [1.54, 1.807) is 7.11 Å². The van der Waals surface area contributed by atoms with Crippen LogP contribution in [0, 0.1) is 6.92 Å². The van der Waals surface area contributed by atoms with E-state index in [0.717, 1.165) is 26.9 Å². The Bertz CT molecular complexity index is 605. The van der Waals surface area contributed by atoms with Gasteiger partial charge in [0.1, 0.15) is 5.75 Å². The molecule has 0 fully saturated rings. The summed E-state index contributed by atoms with van der Waals surface area (Å²) in [4.78, 5) is 12.3. The molecule has 98 valence electrons. The van der Waals surface area contributed by atoms with Crippen molar-refractivity contribution in [1.82, 2.24) is 0 Å². The molecule has 0 N–H and O–H groups in total. The maximum absolute atomic E-state index is 12.3. The van der Waals surface area contributed by atoms with Crippen LogP contribution in [-0.4, -0.2) is 12.9 Å². The lowest BCUT2D eigenvalue weighted by Gasteiger charge is -2.09. The van der Waals surface area contributed by atoms with Gasteiger partial charge in [-0.2, -0.15) is 0 Å². The fourth-order valence-corrected chi connectivity index (χ4v) is 2.53. The monoisotopic (exact) mass is 318 g/mol. The van der Waals surface area contributed by atoms with E-state index in [2.05, 4.69) is 15.9 Å². The van der Waals surface area contributed by atoms with E-state index >= 15 is 0 Å². The van der Waals surface area contributed by atoms with Crippen molar-refractivity contribution >= 4 is 21.7 Å². The van der Waals surface area contributed by atoms with Crippen molar-refractivity contribution in [3.05, 3.63) is 63.6 Å². The molecule has 3 heteroatoms. The van der Waals surface area contributed by atoms with Crippen LogP contribution in [-0.2, 0) is 6.42 Å². The first-order valence-electron chi connectivity index (χ1n) is 6.03. The number of carbonyl (C=O) groups excluding carboxylic acids is 1. The third-order valence-corrected chi connectivity index (χ3v) is 3.53. The smallest absolute Gasteiger partial charge is 0.167 e. The topological polar surface area (TPSA) is 26.3 Å². The van der Waals surface area contributed by atoms with Gasteiger partial charge in [-0.05, 0) is 30.7 Å². The molecule has 2 aromatic rings. The molecule has 0 aliphatic rings. The van der Waals surface area contributed by atoms with Gasteiger partial charge in [-0.15, -0.1) is 0 Å². The standard InChI is InChI=1S/C16H15BrO2/c1-11-9-13(17)7-8-14(11)15(18)10-12-5-3-4-6-16(12)19-2/h3-9H,10H2,1-2H3. The zero-order valence-electron chi connectivity index (χ0n) is 10.9. The third kappa shape index (κ3) is 3.24. The number of para-hydroxylation sites is 1. The highest BCUT2D eigenvalue weighted by atomic mass is 79.9. The predicted octanol–water partition coefficient (Wildman–Crippen LogP) is 4.19. The van der Waals surface area contributed by atoms with Gasteiger partial charge in [-0.1, -0.05) is 40.2 Å². The SMILES string of the molecule is COc1ccccc1CC(=O)c1ccc(Br)cc1C. The number of Topliss-reactive ketones (excluding diaryl/α,β-unsaturated/α-hetero) is 1. The van der Waals surface area contributed by atoms with E-state index in [1.807, 2.05) is 49.4 Å². The summed E-state index contributed by atoms with van der Waals surface area (Å²) in [5.41, 5.74) is 2.65. The summed E-state index contributed by atoms with van der Waals surface area (Å²) < 4.78 is 6.26.